The van der Waals surface area contributed by atoms with Crippen LogP contribution in [0.5, 0.6) is 5.75 Å². The van der Waals surface area contributed by atoms with Gasteiger partial charge in [0.1, 0.15) is 5.75 Å². The van der Waals surface area contributed by atoms with Crippen LogP contribution in [0, 0.1) is 0 Å². The molecule has 0 saturated heterocycles. The minimum atomic E-state index is -0.454. The molecule has 132 valence electrons. The fraction of sp³-hybridized carbons (Fsp3) is 0.111. The van der Waals surface area contributed by atoms with Gasteiger partial charge in [-0.05, 0) is 24.3 Å². The smallest absolute Gasteiger partial charge is 0.339 e. The molecule has 26 heavy (non-hydrogen) atoms. The van der Waals surface area contributed by atoms with Crippen LogP contribution in [0.1, 0.15) is 10.4 Å². The summed E-state index contributed by atoms with van der Waals surface area (Å²) < 4.78 is 10.1. The SMILES string of the molecule is COC(=O)c1ccccc1Nc1nncc(Nc2ccccc2OC)n1. The van der Waals surface area contributed by atoms with E-state index < -0.39 is 5.97 Å². The van der Waals surface area contributed by atoms with Crippen LogP contribution in [0.2, 0.25) is 0 Å². The highest BCUT2D eigenvalue weighted by Crippen LogP contribution is 2.26. The molecule has 0 spiro atoms. The van der Waals surface area contributed by atoms with Crippen LogP contribution in [0.25, 0.3) is 0 Å². The van der Waals surface area contributed by atoms with Crippen molar-refractivity contribution in [3.05, 3.63) is 60.3 Å². The number of anilines is 4. The van der Waals surface area contributed by atoms with Gasteiger partial charge in [0.05, 0.1) is 37.4 Å². The second kappa shape index (κ2) is 7.93. The molecular weight excluding hydrogens is 334 g/mol. The zero-order valence-electron chi connectivity index (χ0n) is 14.3. The van der Waals surface area contributed by atoms with Crippen LogP contribution in [0.4, 0.5) is 23.1 Å². The Balaban J connectivity index is 1.84. The van der Waals surface area contributed by atoms with Crippen molar-refractivity contribution in [1.82, 2.24) is 15.2 Å². The van der Waals surface area contributed by atoms with Gasteiger partial charge in [0.2, 0.25) is 5.95 Å². The van der Waals surface area contributed by atoms with Crippen molar-refractivity contribution in [1.29, 1.82) is 0 Å². The van der Waals surface area contributed by atoms with Gasteiger partial charge in [-0.25, -0.2) is 4.79 Å². The molecule has 0 fully saturated rings. The molecule has 0 amide bonds. The van der Waals surface area contributed by atoms with Gasteiger partial charge < -0.3 is 20.1 Å². The second-order valence-electron chi connectivity index (χ2n) is 5.15. The van der Waals surface area contributed by atoms with E-state index in [1.165, 1.54) is 13.3 Å². The first-order valence-corrected chi connectivity index (χ1v) is 7.75. The predicted molar refractivity (Wildman–Crippen MR) is 97.2 cm³/mol. The molecule has 0 atom stereocenters. The normalized spacial score (nSPS) is 10.1. The topological polar surface area (TPSA) is 98.3 Å². The molecule has 0 radical (unpaired) electrons. The standard InChI is InChI=1S/C18H17N5O3/c1-25-15-10-6-5-9-14(15)20-16-11-19-23-18(22-16)21-13-8-4-3-7-12(13)17(24)26-2/h3-11H,1-2H3,(H2,20,21,22,23). The first-order valence-electron chi connectivity index (χ1n) is 7.75. The zero-order valence-corrected chi connectivity index (χ0v) is 14.3. The highest BCUT2D eigenvalue weighted by Gasteiger charge is 2.12. The summed E-state index contributed by atoms with van der Waals surface area (Å²) in [6, 6.07) is 14.4. The molecule has 2 aromatic carbocycles. The van der Waals surface area contributed by atoms with Crippen molar-refractivity contribution in [2.24, 2.45) is 0 Å². The quantitative estimate of drug-likeness (QED) is 0.654. The highest BCUT2D eigenvalue weighted by atomic mass is 16.5. The lowest BCUT2D eigenvalue weighted by molar-refractivity contribution is 0.0602. The Morgan fingerprint density at radius 1 is 0.962 bits per heavy atom. The Morgan fingerprint density at radius 2 is 1.69 bits per heavy atom. The minimum absolute atomic E-state index is 0.237. The minimum Gasteiger partial charge on any atom is -0.495 e. The Morgan fingerprint density at radius 3 is 2.46 bits per heavy atom. The number of ether oxygens (including phenoxy) is 2. The molecule has 1 heterocycles. The van der Waals surface area contributed by atoms with Crippen LogP contribution >= 0.6 is 0 Å². The van der Waals surface area contributed by atoms with Crippen molar-refractivity contribution in [2.75, 3.05) is 24.9 Å². The van der Waals surface area contributed by atoms with Gasteiger partial charge in [-0.3, -0.25) is 0 Å². The van der Waals surface area contributed by atoms with E-state index in [1.807, 2.05) is 24.3 Å². The Hall–Kier alpha value is -3.68. The van der Waals surface area contributed by atoms with Crippen molar-refractivity contribution < 1.29 is 14.3 Å². The molecule has 1 aromatic heterocycles. The molecule has 0 aliphatic heterocycles. The number of carbonyl (C=O) groups excluding carboxylic acids is 1. The van der Waals surface area contributed by atoms with Gasteiger partial charge in [-0.2, -0.15) is 10.1 Å². The molecule has 8 heteroatoms. The first-order chi connectivity index (χ1) is 12.7. The van der Waals surface area contributed by atoms with Gasteiger partial charge in [0.15, 0.2) is 5.82 Å². The molecule has 8 nitrogen and oxygen atoms in total. The number of nitrogens with one attached hydrogen (secondary N) is 2. The van der Waals surface area contributed by atoms with E-state index in [9.17, 15) is 4.79 Å². The lowest BCUT2D eigenvalue weighted by Gasteiger charge is -2.11. The highest BCUT2D eigenvalue weighted by molar-refractivity contribution is 5.96. The molecule has 3 aromatic rings. The second-order valence-corrected chi connectivity index (χ2v) is 5.15. The van der Waals surface area contributed by atoms with E-state index in [0.29, 0.717) is 22.8 Å². The summed E-state index contributed by atoms with van der Waals surface area (Å²) in [6.07, 6.45) is 1.49. The number of methoxy groups -OCH3 is 2. The summed E-state index contributed by atoms with van der Waals surface area (Å²) in [4.78, 5) is 16.2. The maximum Gasteiger partial charge on any atom is 0.339 e. The Bertz CT molecular complexity index is 917. The number of hydrogen-bond donors (Lipinski definition) is 2. The number of aromatic nitrogens is 3. The number of benzene rings is 2. The fourth-order valence-electron chi connectivity index (χ4n) is 2.30. The predicted octanol–water partition coefficient (Wildman–Crippen LogP) is 3.15. The molecule has 0 aliphatic carbocycles. The number of rotatable bonds is 6. The zero-order chi connectivity index (χ0) is 18.4. The van der Waals surface area contributed by atoms with Crippen LogP contribution in [-0.4, -0.2) is 35.4 Å². The lowest BCUT2D eigenvalue weighted by Crippen LogP contribution is -2.08. The van der Waals surface area contributed by atoms with Gasteiger partial charge >= 0.3 is 5.97 Å². The van der Waals surface area contributed by atoms with Crippen molar-refractivity contribution in [3.63, 3.8) is 0 Å². The summed E-state index contributed by atoms with van der Waals surface area (Å²) in [7, 11) is 2.92. The maximum atomic E-state index is 11.9. The monoisotopic (exact) mass is 351 g/mol. The van der Waals surface area contributed by atoms with Gasteiger partial charge in [-0.15, -0.1) is 5.10 Å². The van der Waals surface area contributed by atoms with Gasteiger partial charge in [0, 0.05) is 0 Å². The molecule has 0 saturated carbocycles. The number of para-hydroxylation sites is 3. The van der Waals surface area contributed by atoms with Crippen molar-refractivity contribution in [3.8, 4) is 5.75 Å². The molecule has 3 rings (SSSR count). The summed E-state index contributed by atoms with van der Waals surface area (Å²) in [5, 5.41) is 14.0. The van der Waals surface area contributed by atoms with E-state index >= 15 is 0 Å². The van der Waals surface area contributed by atoms with Crippen LogP contribution in [0.15, 0.2) is 54.7 Å². The fourth-order valence-corrected chi connectivity index (χ4v) is 2.30. The first kappa shape index (κ1) is 17.2. The number of carbonyl (C=O) groups is 1. The molecule has 0 bridgehead atoms. The number of esters is 1. The van der Waals surface area contributed by atoms with Gasteiger partial charge in [0.25, 0.3) is 0 Å². The Labute approximate surface area is 150 Å². The molecule has 0 aliphatic rings. The van der Waals surface area contributed by atoms with Crippen molar-refractivity contribution >= 4 is 29.1 Å². The van der Waals surface area contributed by atoms with E-state index in [4.69, 9.17) is 9.47 Å². The van der Waals surface area contributed by atoms with Crippen LogP contribution in [-0.2, 0) is 4.74 Å². The van der Waals surface area contributed by atoms with Crippen LogP contribution < -0.4 is 15.4 Å². The summed E-state index contributed by atoms with van der Waals surface area (Å²) >= 11 is 0. The largest absolute Gasteiger partial charge is 0.495 e. The third kappa shape index (κ3) is 3.86. The molecular formula is C18H17N5O3. The Kier molecular flexibility index (Phi) is 5.23. The average Bonchev–Trinajstić information content (AvgIpc) is 2.68. The van der Waals surface area contributed by atoms with Gasteiger partial charge in [-0.1, -0.05) is 24.3 Å². The third-order valence-electron chi connectivity index (χ3n) is 3.51. The lowest BCUT2D eigenvalue weighted by atomic mass is 10.2. The van der Waals surface area contributed by atoms with E-state index in [0.717, 1.165) is 5.69 Å². The summed E-state index contributed by atoms with van der Waals surface area (Å²) in [6.45, 7) is 0. The van der Waals surface area contributed by atoms with E-state index in [-0.39, 0.29) is 5.95 Å². The van der Waals surface area contributed by atoms with Crippen molar-refractivity contribution in [2.45, 2.75) is 0 Å². The van der Waals surface area contributed by atoms with E-state index in [2.05, 4.69) is 25.8 Å². The third-order valence-corrected chi connectivity index (χ3v) is 3.51. The molecule has 0 unspecified atom stereocenters. The van der Waals surface area contributed by atoms with E-state index in [1.54, 1.807) is 31.4 Å². The maximum absolute atomic E-state index is 11.9. The number of hydrogen-bond acceptors (Lipinski definition) is 8. The van der Waals surface area contributed by atoms with Crippen LogP contribution in [0.3, 0.4) is 0 Å². The summed E-state index contributed by atoms with van der Waals surface area (Å²) in [5.74, 6) is 0.935. The average molecular weight is 351 g/mol. The molecule has 2 N–H and O–H groups in total. The summed E-state index contributed by atoms with van der Waals surface area (Å²) in [5.41, 5.74) is 1.65. The number of nitrogens with zero attached hydrogens (tertiary/aromatic N) is 3.